The fourth-order valence-corrected chi connectivity index (χ4v) is 6.49. The van der Waals surface area contributed by atoms with Crippen LogP contribution in [0.15, 0.2) is 53.0 Å². The van der Waals surface area contributed by atoms with Crippen LogP contribution < -0.4 is 10.2 Å². The number of hydrogen-bond donors (Lipinski definition) is 1. The average molecular weight is 452 g/mol. The Morgan fingerprint density at radius 3 is 2.59 bits per heavy atom. The first-order valence-corrected chi connectivity index (χ1v) is 10.7. The van der Waals surface area contributed by atoms with E-state index >= 15 is 0 Å². The van der Waals surface area contributed by atoms with E-state index in [0.717, 1.165) is 30.6 Å². The quantitative estimate of drug-likeness (QED) is 0.676. The molecular weight excluding hydrogens is 434 g/mol. The van der Waals surface area contributed by atoms with Crippen molar-refractivity contribution in [2.24, 2.45) is 11.8 Å². The molecule has 29 heavy (non-hydrogen) atoms. The van der Waals surface area contributed by atoms with Crippen molar-refractivity contribution in [2.75, 3.05) is 16.8 Å². The second-order valence-corrected chi connectivity index (χ2v) is 8.99. The van der Waals surface area contributed by atoms with Gasteiger partial charge in [-0.05, 0) is 53.5 Å². The zero-order valence-electron chi connectivity index (χ0n) is 15.5. The van der Waals surface area contributed by atoms with Gasteiger partial charge in [-0.2, -0.15) is 0 Å². The van der Waals surface area contributed by atoms with E-state index in [1.807, 2.05) is 42.5 Å². The van der Waals surface area contributed by atoms with E-state index in [4.69, 9.17) is 0 Å². The fraction of sp³-hybridized carbons (Fsp3) is 0.318. The van der Waals surface area contributed by atoms with Crippen molar-refractivity contribution in [3.05, 3.63) is 58.6 Å². The highest BCUT2D eigenvalue weighted by Gasteiger charge is 2.74. The summed E-state index contributed by atoms with van der Waals surface area (Å²) in [7, 11) is 0. The maximum absolute atomic E-state index is 13.8. The minimum atomic E-state index is -1.11. The SMILES string of the molecule is O=C1C2C3CCCN3C3(C(=O)Nc4ccccc43)C2C(=O)N1c1ccccc1Br. The van der Waals surface area contributed by atoms with E-state index in [0.29, 0.717) is 10.2 Å². The number of carbonyl (C=O) groups is 3. The molecule has 6 nitrogen and oxygen atoms in total. The van der Waals surface area contributed by atoms with E-state index < -0.39 is 17.4 Å². The molecule has 0 aliphatic carbocycles. The van der Waals surface area contributed by atoms with Crippen molar-refractivity contribution in [1.29, 1.82) is 0 Å². The van der Waals surface area contributed by atoms with Gasteiger partial charge >= 0.3 is 0 Å². The van der Waals surface area contributed by atoms with Crippen molar-refractivity contribution in [2.45, 2.75) is 24.4 Å². The van der Waals surface area contributed by atoms with Gasteiger partial charge in [0.1, 0.15) is 5.54 Å². The number of para-hydroxylation sites is 2. The molecule has 3 fully saturated rings. The number of rotatable bonds is 1. The van der Waals surface area contributed by atoms with E-state index in [9.17, 15) is 14.4 Å². The molecule has 146 valence electrons. The number of halogens is 1. The summed E-state index contributed by atoms with van der Waals surface area (Å²) in [6.07, 6.45) is 1.74. The molecule has 0 radical (unpaired) electrons. The van der Waals surface area contributed by atoms with Crippen molar-refractivity contribution < 1.29 is 14.4 Å². The van der Waals surface area contributed by atoms with Gasteiger partial charge in [-0.25, -0.2) is 4.90 Å². The Hall–Kier alpha value is -2.51. The number of imide groups is 1. The fourth-order valence-electron chi connectivity index (χ4n) is 6.03. The van der Waals surface area contributed by atoms with E-state index in [1.54, 1.807) is 6.07 Å². The maximum atomic E-state index is 13.8. The Labute approximate surface area is 176 Å². The number of amides is 3. The number of benzene rings is 2. The summed E-state index contributed by atoms with van der Waals surface area (Å²) >= 11 is 3.47. The zero-order valence-corrected chi connectivity index (χ0v) is 17.1. The molecule has 4 heterocycles. The molecule has 6 rings (SSSR count). The van der Waals surface area contributed by atoms with Crippen LogP contribution in [0.1, 0.15) is 18.4 Å². The number of hydrogen-bond acceptors (Lipinski definition) is 4. The van der Waals surface area contributed by atoms with Crippen LogP contribution in [0.25, 0.3) is 0 Å². The summed E-state index contributed by atoms with van der Waals surface area (Å²) in [6, 6.07) is 14.7. The molecule has 0 aromatic heterocycles. The number of anilines is 2. The Morgan fingerprint density at radius 1 is 1.00 bits per heavy atom. The molecule has 0 saturated carbocycles. The summed E-state index contributed by atoms with van der Waals surface area (Å²) < 4.78 is 0.690. The first-order chi connectivity index (χ1) is 14.1. The standard InChI is InChI=1S/C22H18BrN3O3/c23-13-7-2-4-9-15(13)26-19(27)17-16-10-5-11-25(16)22(18(17)20(26)28)12-6-1-3-8-14(12)24-21(22)29/h1-4,6-9,16-18H,5,10-11H2,(H,24,29). The molecule has 3 amide bonds. The average Bonchev–Trinajstić information content (AvgIpc) is 3.41. The lowest BCUT2D eigenvalue weighted by atomic mass is 9.75. The van der Waals surface area contributed by atoms with Crippen LogP contribution in [0.5, 0.6) is 0 Å². The van der Waals surface area contributed by atoms with Gasteiger partial charge in [0.05, 0.1) is 17.5 Å². The van der Waals surface area contributed by atoms with Crippen molar-refractivity contribution >= 4 is 45.0 Å². The monoisotopic (exact) mass is 451 g/mol. The van der Waals surface area contributed by atoms with E-state index in [2.05, 4.69) is 26.1 Å². The van der Waals surface area contributed by atoms with Gasteiger partial charge in [0.2, 0.25) is 17.7 Å². The van der Waals surface area contributed by atoms with Crippen LogP contribution in [0.3, 0.4) is 0 Å². The Morgan fingerprint density at radius 2 is 1.76 bits per heavy atom. The molecule has 2 aromatic carbocycles. The third kappa shape index (κ3) is 1.92. The van der Waals surface area contributed by atoms with Crippen LogP contribution in [0.2, 0.25) is 0 Å². The molecule has 4 aliphatic heterocycles. The molecular formula is C22H18BrN3O3. The smallest absolute Gasteiger partial charge is 0.250 e. The molecule has 2 aromatic rings. The summed E-state index contributed by atoms with van der Waals surface area (Å²) in [5.74, 6) is -1.88. The molecule has 0 bridgehead atoms. The summed E-state index contributed by atoms with van der Waals surface area (Å²) in [6.45, 7) is 0.717. The first-order valence-electron chi connectivity index (χ1n) is 9.87. The third-order valence-corrected chi connectivity index (χ3v) is 7.66. The molecule has 4 unspecified atom stereocenters. The van der Waals surface area contributed by atoms with E-state index in [1.165, 1.54) is 4.90 Å². The highest BCUT2D eigenvalue weighted by molar-refractivity contribution is 9.10. The molecule has 7 heteroatoms. The van der Waals surface area contributed by atoms with Gasteiger partial charge in [-0.3, -0.25) is 19.3 Å². The van der Waals surface area contributed by atoms with Gasteiger partial charge < -0.3 is 5.32 Å². The second-order valence-electron chi connectivity index (χ2n) is 8.14. The van der Waals surface area contributed by atoms with Gasteiger partial charge in [0, 0.05) is 21.8 Å². The molecule has 3 saturated heterocycles. The summed E-state index contributed by atoms with van der Waals surface area (Å²) in [5, 5.41) is 2.98. The van der Waals surface area contributed by atoms with Gasteiger partial charge in [-0.15, -0.1) is 0 Å². The van der Waals surface area contributed by atoms with Crippen molar-refractivity contribution in [3.63, 3.8) is 0 Å². The Kier molecular flexibility index (Phi) is 3.45. The van der Waals surface area contributed by atoms with E-state index in [-0.39, 0.29) is 23.8 Å². The second kappa shape index (κ2) is 5.77. The van der Waals surface area contributed by atoms with Crippen LogP contribution in [0, 0.1) is 11.8 Å². The minimum absolute atomic E-state index is 0.0964. The highest BCUT2D eigenvalue weighted by atomic mass is 79.9. The van der Waals surface area contributed by atoms with Crippen molar-refractivity contribution in [1.82, 2.24) is 4.90 Å². The molecule has 4 aliphatic rings. The van der Waals surface area contributed by atoms with Gasteiger partial charge in [-0.1, -0.05) is 30.3 Å². The lowest BCUT2D eigenvalue weighted by molar-refractivity contribution is -0.135. The van der Waals surface area contributed by atoms with Crippen LogP contribution in [0.4, 0.5) is 11.4 Å². The highest BCUT2D eigenvalue weighted by Crippen LogP contribution is 2.60. The van der Waals surface area contributed by atoms with Crippen LogP contribution >= 0.6 is 15.9 Å². The summed E-state index contributed by atoms with van der Waals surface area (Å²) in [4.78, 5) is 44.2. The lowest BCUT2D eigenvalue weighted by Crippen LogP contribution is -2.54. The summed E-state index contributed by atoms with van der Waals surface area (Å²) in [5.41, 5.74) is 0.997. The minimum Gasteiger partial charge on any atom is -0.324 e. The number of nitrogens with one attached hydrogen (secondary N) is 1. The molecule has 4 atom stereocenters. The predicted octanol–water partition coefficient (Wildman–Crippen LogP) is 2.88. The normalized spacial score (nSPS) is 32.7. The molecule has 1 N–H and O–H groups in total. The zero-order chi connectivity index (χ0) is 19.9. The maximum Gasteiger partial charge on any atom is 0.250 e. The van der Waals surface area contributed by atoms with Gasteiger partial charge in [0.25, 0.3) is 0 Å². The topological polar surface area (TPSA) is 69.7 Å². The largest absolute Gasteiger partial charge is 0.324 e. The number of nitrogens with zero attached hydrogens (tertiary/aromatic N) is 2. The van der Waals surface area contributed by atoms with Crippen LogP contribution in [-0.4, -0.2) is 35.2 Å². The lowest BCUT2D eigenvalue weighted by Gasteiger charge is -2.36. The number of carbonyl (C=O) groups excluding carboxylic acids is 3. The van der Waals surface area contributed by atoms with Gasteiger partial charge in [0.15, 0.2) is 0 Å². The third-order valence-electron chi connectivity index (χ3n) is 6.99. The molecule has 1 spiro atoms. The Bertz CT molecular complexity index is 1100. The van der Waals surface area contributed by atoms with Crippen molar-refractivity contribution in [3.8, 4) is 0 Å². The van der Waals surface area contributed by atoms with Crippen LogP contribution in [-0.2, 0) is 19.9 Å². The first kappa shape index (κ1) is 17.4. The predicted molar refractivity (Wildman–Crippen MR) is 110 cm³/mol. The number of fused-ring (bicyclic) bond motifs is 7. The Balaban J connectivity index is 1.58.